The molecule has 8 heteroatoms. The van der Waals surface area contributed by atoms with Gasteiger partial charge in [0.25, 0.3) is 11.1 Å². The molecule has 2 aliphatic heterocycles. The molecule has 8 nitrogen and oxygen atoms in total. The minimum Gasteiger partial charge on any atom is -0.329 e. The lowest BCUT2D eigenvalue weighted by Gasteiger charge is -2.43. The van der Waals surface area contributed by atoms with E-state index in [0.29, 0.717) is 24.9 Å². The van der Waals surface area contributed by atoms with Crippen LogP contribution >= 0.6 is 0 Å². The van der Waals surface area contributed by atoms with Gasteiger partial charge in [-0.05, 0) is 37.6 Å². The Kier molecular flexibility index (Phi) is 5.33. The number of hydrogen-bond acceptors (Lipinski definition) is 5. The molecule has 2 N–H and O–H groups in total. The van der Waals surface area contributed by atoms with E-state index in [-0.39, 0.29) is 11.1 Å². The summed E-state index contributed by atoms with van der Waals surface area (Å²) >= 11 is 0. The molecule has 31 heavy (non-hydrogen) atoms. The molecule has 0 aromatic carbocycles. The highest BCUT2D eigenvalue weighted by Gasteiger charge is 2.35. The highest BCUT2D eigenvalue weighted by molar-refractivity contribution is 5.23. The van der Waals surface area contributed by atoms with Crippen LogP contribution in [0.1, 0.15) is 34.9 Å². The van der Waals surface area contributed by atoms with Crippen LogP contribution in [-0.4, -0.2) is 49.7 Å². The molecule has 1 saturated heterocycles. The van der Waals surface area contributed by atoms with Crippen LogP contribution in [0.5, 0.6) is 0 Å². The van der Waals surface area contributed by atoms with Crippen molar-refractivity contribution in [1.29, 1.82) is 0 Å². The Labute approximate surface area is 180 Å². The van der Waals surface area contributed by atoms with Crippen LogP contribution in [0.15, 0.2) is 52.3 Å². The highest BCUT2D eigenvalue weighted by atomic mass is 16.1. The van der Waals surface area contributed by atoms with Gasteiger partial charge in [0, 0.05) is 80.1 Å². The van der Waals surface area contributed by atoms with Crippen molar-refractivity contribution in [2.45, 2.75) is 38.5 Å². The second-order valence-corrected chi connectivity index (χ2v) is 8.97. The lowest BCUT2D eigenvalue weighted by molar-refractivity contribution is 0.113. The van der Waals surface area contributed by atoms with Crippen molar-refractivity contribution in [3.8, 4) is 0 Å². The molecule has 162 valence electrons. The highest BCUT2D eigenvalue weighted by Crippen LogP contribution is 2.35. The fraction of sp³-hybridized carbons (Fsp3) is 0.435. The number of fused-ring (bicyclic) bond motifs is 4. The zero-order valence-electron chi connectivity index (χ0n) is 17.8. The van der Waals surface area contributed by atoms with Crippen LogP contribution in [-0.2, 0) is 26.2 Å². The van der Waals surface area contributed by atoms with Gasteiger partial charge in [0.1, 0.15) is 0 Å². The van der Waals surface area contributed by atoms with Gasteiger partial charge >= 0.3 is 0 Å². The predicted octanol–water partition coefficient (Wildman–Crippen LogP) is 1.51. The molecule has 0 amide bonds. The molecule has 0 unspecified atom stereocenters. The maximum absolute atomic E-state index is 13.3. The van der Waals surface area contributed by atoms with E-state index in [1.807, 2.05) is 35.9 Å². The molecule has 3 aromatic heterocycles. The van der Waals surface area contributed by atoms with Crippen molar-refractivity contribution >= 4 is 0 Å². The molecule has 2 aliphatic rings. The van der Waals surface area contributed by atoms with Crippen molar-refractivity contribution in [2.75, 3.05) is 20.1 Å². The summed E-state index contributed by atoms with van der Waals surface area (Å²) in [6.45, 7) is 4.54. The number of H-pyrrole nitrogens is 2. The van der Waals surface area contributed by atoms with Crippen LogP contribution in [0.25, 0.3) is 0 Å². The van der Waals surface area contributed by atoms with Gasteiger partial charge in [-0.1, -0.05) is 12.1 Å². The topological polar surface area (TPSA) is 90.0 Å². The van der Waals surface area contributed by atoms with E-state index >= 15 is 0 Å². The first-order valence-corrected chi connectivity index (χ1v) is 10.8. The minimum absolute atomic E-state index is 0.0151. The number of aromatic nitrogens is 4. The first kappa shape index (κ1) is 20.0. The Hall–Kier alpha value is -2.97. The van der Waals surface area contributed by atoms with Crippen LogP contribution in [0.3, 0.4) is 0 Å². The van der Waals surface area contributed by atoms with E-state index in [0.717, 1.165) is 55.1 Å². The largest absolute Gasteiger partial charge is 0.329 e. The van der Waals surface area contributed by atoms with Gasteiger partial charge in [0.2, 0.25) is 0 Å². The summed E-state index contributed by atoms with van der Waals surface area (Å²) in [6, 6.07) is 9.86. The van der Waals surface area contributed by atoms with Crippen molar-refractivity contribution in [3.05, 3.63) is 85.9 Å². The van der Waals surface area contributed by atoms with Crippen LogP contribution in [0.4, 0.5) is 0 Å². The van der Waals surface area contributed by atoms with Crippen molar-refractivity contribution in [3.63, 3.8) is 0 Å². The third-order valence-corrected chi connectivity index (χ3v) is 6.49. The number of nitrogens with one attached hydrogen (secondary N) is 2. The van der Waals surface area contributed by atoms with Gasteiger partial charge in [-0.2, -0.15) is 5.10 Å². The first-order chi connectivity index (χ1) is 15.1. The zero-order chi connectivity index (χ0) is 21.4. The smallest absolute Gasteiger partial charge is 0.255 e. The second kappa shape index (κ2) is 8.28. The Morgan fingerprint density at radius 1 is 1.10 bits per heavy atom. The second-order valence-electron chi connectivity index (χ2n) is 8.97. The predicted molar refractivity (Wildman–Crippen MR) is 118 cm³/mol. The Morgan fingerprint density at radius 2 is 2.00 bits per heavy atom. The Bertz CT molecular complexity index is 1170. The zero-order valence-corrected chi connectivity index (χ0v) is 17.8. The summed E-state index contributed by atoms with van der Waals surface area (Å²) in [6.07, 6.45) is 4.52. The molecule has 1 fully saturated rings. The van der Waals surface area contributed by atoms with Crippen molar-refractivity contribution in [2.24, 2.45) is 5.92 Å². The van der Waals surface area contributed by atoms with Crippen molar-refractivity contribution < 1.29 is 0 Å². The standard InChI is InChI=1S/C23H28N6O2/c1-27(15-20-6-8-25-26-20)12-18-4-5-21-19-9-16(11-29(21)23(18)31)10-28(14-19)13-17-3-2-7-24-22(17)30/h2-8,16,19H,9-15H2,1H3,(H,24,30)(H,25,26)/t16-,19+/m0/s1. The molecule has 5 heterocycles. The summed E-state index contributed by atoms with van der Waals surface area (Å²) in [5, 5.41) is 6.96. The van der Waals surface area contributed by atoms with Gasteiger partial charge in [-0.15, -0.1) is 0 Å². The molecule has 0 saturated carbocycles. The summed E-state index contributed by atoms with van der Waals surface area (Å²) < 4.78 is 2.00. The molecule has 3 aromatic rings. The monoisotopic (exact) mass is 420 g/mol. The maximum atomic E-state index is 13.3. The molecule has 2 atom stereocenters. The van der Waals surface area contributed by atoms with Gasteiger partial charge in [0.15, 0.2) is 0 Å². The maximum Gasteiger partial charge on any atom is 0.255 e. The number of aromatic amines is 2. The number of piperidine rings is 1. The lowest BCUT2D eigenvalue weighted by Crippen LogP contribution is -2.47. The van der Waals surface area contributed by atoms with Crippen LogP contribution in [0.2, 0.25) is 0 Å². The van der Waals surface area contributed by atoms with E-state index < -0.39 is 0 Å². The molecule has 0 radical (unpaired) electrons. The first-order valence-electron chi connectivity index (χ1n) is 10.8. The van der Waals surface area contributed by atoms with Crippen LogP contribution < -0.4 is 11.1 Å². The van der Waals surface area contributed by atoms with Gasteiger partial charge in [-0.3, -0.25) is 24.5 Å². The Morgan fingerprint density at radius 3 is 2.81 bits per heavy atom. The Balaban J connectivity index is 1.32. The lowest BCUT2D eigenvalue weighted by atomic mass is 9.83. The molecule has 0 aliphatic carbocycles. The third kappa shape index (κ3) is 4.13. The summed E-state index contributed by atoms with van der Waals surface area (Å²) in [4.78, 5) is 32.6. The summed E-state index contributed by atoms with van der Waals surface area (Å²) in [7, 11) is 2.02. The van der Waals surface area contributed by atoms with E-state index in [1.54, 1.807) is 12.4 Å². The molecular weight excluding hydrogens is 392 g/mol. The van der Waals surface area contributed by atoms with Gasteiger partial charge < -0.3 is 9.55 Å². The number of pyridine rings is 2. The number of hydrogen-bond donors (Lipinski definition) is 2. The fourth-order valence-corrected chi connectivity index (χ4v) is 5.17. The summed E-state index contributed by atoms with van der Waals surface area (Å²) in [5.41, 5.74) is 3.92. The van der Waals surface area contributed by atoms with Gasteiger partial charge in [0.05, 0.1) is 0 Å². The average molecular weight is 421 g/mol. The molecular formula is C23H28N6O2. The molecule has 5 rings (SSSR count). The van der Waals surface area contributed by atoms with Gasteiger partial charge in [-0.25, -0.2) is 0 Å². The summed E-state index contributed by atoms with van der Waals surface area (Å²) in [5.74, 6) is 0.768. The van der Waals surface area contributed by atoms with E-state index in [2.05, 4.69) is 31.0 Å². The fourth-order valence-electron chi connectivity index (χ4n) is 5.17. The number of likely N-dealkylation sites (tertiary alicyclic amines) is 1. The molecule has 2 bridgehead atoms. The average Bonchev–Trinajstić information content (AvgIpc) is 3.25. The number of rotatable bonds is 6. The minimum atomic E-state index is -0.0151. The van der Waals surface area contributed by atoms with E-state index in [4.69, 9.17) is 0 Å². The SMILES string of the molecule is CN(Cc1ccn[nH]1)Cc1ccc2n(c1=O)C[C@H]1C[C@@H]2CN(Cc2ccc[nH]c2=O)C1. The van der Waals surface area contributed by atoms with E-state index in [9.17, 15) is 9.59 Å². The van der Waals surface area contributed by atoms with E-state index in [1.165, 1.54) is 0 Å². The van der Waals surface area contributed by atoms with Crippen LogP contribution in [0, 0.1) is 5.92 Å². The quantitative estimate of drug-likeness (QED) is 0.631. The third-order valence-electron chi connectivity index (χ3n) is 6.49. The number of nitrogens with zero attached hydrogens (tertiary/aromatic N) is 4. The van der Waals surface area contributed by atoms with Crippen molar-refractivity contribution in [1.82, 2.24) is 29.5 Å². The molecule has 0 spiro atoms. The normalized spacial score (nSPS) is 20.7.